The van der Waals surface area contributed by atoms with Gasteiger partial charge in [0.15, 0.2) is 0 Å². The van der Waals surface area contributed by atoms with Gasteiger partial charge in [0.1, 0.15) is 0 Å². The molecule has 1 heteroatoms. The summed E-state index contributed by atoms with van der Waals surface area (Å²) < 4.78 is 2.55. The smallest absolute Gasteiger partial charge is 0.0626 e. The Labute approximate surface area is 303 Å². The largest absolute Gasteiger partial charge is 0.309 e. The Morgan fingerprint density at radius 3 is 1.98 bits per heavy atom. The first-order valence-corrected chi connectivity index (χ1v) is 18.6. The standard InChI is InChI=1S/C51H37N/c1-51(2)45-29-34(32-15-5-3-6-16-32)25-27-38(45)39-28-26-35(30-46(39)51)52-47-24-14-13-23-42(47)49-48-40-21-11-9-19-36(40)43(33-17-7-4-8-18-33)31-44(48)37-20-10-12-22-41(37)50(49)52/h3-15,17-32H,16H2,1-2H3. The van der Waals surface area contributed by atoms with E-state index in [9.17, 15) is 0 Å². The van der Waals surface area contributed by atoms with E-state index in [-0.39, 0.29) is 5.41 Å². The summed E-state index contributed by atoms with van der Waals surface area (Å²) in [5.41, 5.74) is 13.1. The molecular weight excluding hydrogens is 627 g/mol. The van der Waals surface area contributed by atoms with E-state index in [1.165, 1.54) is 98.8 Å². The monoisotopic (exact) mass is 663 g/mol. The molecule has 0 amide bonds. The zero-order chi connectivity index (χ0) is 34.6. The number of benzene rings is 8. The quantitative estimate of drug-likeness (QED) is 0.166. The van der Waals surface area contributed by atoms with Crippen LogP contribution >= 0.6 is 0 Å². The van der Waals surface area contributed by atoms with Crippen LogP contribution in [-0.4, -0.2) is 4.57 Å². The van der Waals surface area contributed by atoms with Crippen LogP contribution in [-0.2, 0) is 5.41 Å². The number of fused-ring (bicyclic) bond motifs is 13. The number of nitrogens with zero attached hydrogens (tertiary/aromatic N) is 1. The van der Waals surface area contributed by atoms with Crippen LogP contribution < -0.4 is 0 Å². The first-order valence-electron chi connectivity index (χ1n) is 18.6. The highest BCUT2D eigenvalue weighted by Crippen LogP contribution is 2.52. The van der Waals surface area contributed by atoms with Crippen molar-refractivity contribution in [3.8, 4) is 27.9 Å². The summed E-state index contributed by atoms with van der Waals surface area (Å²) in [6.07, 6.45) is 10.0. The van der Waals surface area contributed by atoms with Crippen LogP contribution in [0.4, 0.5) is 0 Å². The van der Waals surface area contributed by atoms with E-state index < -0.39 is 0 Å². The lowest BCUT2D eigenvalue weighted by Crippen LogP contribution is -2.16. The molecule has 1 aromatic heterocycles. The minimum Gasteiger partial charge on any atom is -0.309 e. The van der Waals surface area contributed by atoms with Gasteiger partial charge in [-0.1, -0.05) is 159 Å². The minimum absolute atomic E-state index is 0.123. The minimum atomic E-state index is -0.123. The molecule has 2 aliphatic rings. The fourth-order valence-corrected chi connectivity index (χ4v) is 9.59. The van der Waals surface area contributed by atoms with Crippen molar-refractivity contribution in [1.82, 2.24) is 4.57 Å². The van der Waals surface area contributed by atoms with E-state index in [0.29, 0.717) is 5.92 Å². The summed E-state index contributed by atoms with van der Waals surface area (Å²) in [5.74, 6) is 0.436. The second-order valence-corrected chi connectivity index (χ2v) is 15.2. The van der Waals surface area contributed by atoms with E-state index in [4.69, 9.17) is 0 Å². The third-order valence-electron chi connectivity index (χ3n) is 12.1. The van der Waals surface area contributed by atoms with Gasteiger partial charge in [-0.05, 0) is 91.2 Å². The SMILES string of the molecule is CC1(C)c2cc(C3C=CC=CC3)ccc2-c2ccc(-n3c4ccccc4c4c5c6ccccc6c(-c6ccccc6)cc5c5ccccc5c43)cc21. The Hall–Kier alpha value is -6.18. The molecule has 0 saturated heterocycles. The van der Waals surface area contributed by atoms with Crippen LogP contribution in [0.2, 0.25) is 0 Å². The van der Waals surface area contributed by atoms with Crippen molar-refractivity contribution in [2.75, 3.05) is 0 Å². The second kappa shape index (κ2) is 10.9. The van der Waals surface area contributed by atoms with Crippen LogP contribution in [0.3, 0.4) is 0 Å². The molecule has 1 heterocycles. The topological polar surface area (TPSA) is 4.93 Å². The highest BCUT2D eigenvalue weighted by molar-refractivity contribution is 6.38. The van der Waals surface area contributed by atoms with Crippen LogP contribution in [0.5, 0.6) is 0 Å². The fraction of sp³-hybridized carbons (Fsp3) is 0.0980. The molecule has 0 saturated carbocycles. The first-order chi connectivity index (χ1) is 25.6. The van der Waals surface area contributed by atoms with Crippen LogP contribution in [0.1, 0.15) is 42.9 Å². The van der Waals surface area contributed by atoms with Crippen molar-refractivity contribution in [3.05, 3.63) is 187 Å². The second-order valence-electron chi connectivity index (χ2n) is 15.2. The third-order valence-corrected chi connectivity index (χ3v) is 12.1. The van der Waals surface area contributed by atoms with Crippen molar-refractivity contribution < 1.29 is 0 Å². The van der Waals surface area contributed by atoms with Gasteiger partial charge in [0.05, 0.1) is 11.0 Å². The molecule has 0 aliphatic heterocycles. The van der Waals surface area contributed by atoms with E-state index in [0.717, 1.165) is 6.42 Å². The van der Waals surface area contributed by atoms with Gasteiger partial charge in [-0.2, -0.15) is 0 Å². The van der Waals surface area contributed by atoms with E-state index in [1.807, 2.05) is 0 Å². The zero-order valence-electron chi connectivity index (χ0n) is 29.4. The number of allylic oxidation sites excluding steroid dienone is 4. The molecule has 11 rings (SSSR count). The number of aromatic nitrogens is 1. The lowest BCUT2D eigenvalue weighted by molar-refractivity contribution is 0.657. The van der Waals surface area contributed by atoms with Crippen LogP contribution in [0.15, 0.2) is 170 Å². The van der Waals surface area contributed by atoms with Gasteiger partial charge < -0.3 is 4.57 Å². The van der Waals surface area contributed by atoms with Crippen molar-refractivity contribution in [2.24, 2.45) is 0 Å². The van der Waals surface area contributed by atoms with Gasteiger partial charge in [-0.25, -0.2) is 0 Å². The highest BCUT2D eigenvalue weighted by Gasteiger charge is 2.36. The molecule has 246 valence electrons. The van der Waals surface area contributed by atoms with E-state index in [2.05, 4.69) is 188 Å². The predicted molar refractivity (Wildman–Crippen MR) is 222 cm³/mol. The zero-order valence-corrected chi connectivity index (χ0v) is 29.4. The van der Waals surface area contributed by atoms with Crippen molar-refractivity contribution >= 4 is 54.1 Å². The molecular formula is C51H37N. The lowest BCUT2D eigenvalue weighted by Gasteiger charge is -2.24. The van der Waals surface area contributed by atoms with Gasteiger partial charge in [-0.15, -0.1) is 0 Å². The Morgan fingerprint density at radius 2 is 1.19 bits per heavy atom. The molecule has 1 atom stereocenters. The molecule has 8 aromatic carbocycles. The molecule has 0 bridgehead atoms. The van der Waals surface area contributed by atoms with Crippen molar-refractivity contribution in [3.63, 3.8) is 0 Å². The summed E-state index contributed by atoms with van der Waals surface area (Å²) in [7, 11) is 0. The summed E-state index contributed by atoms with van der Waals surface area (Å²) in [5, 5.41) is 10.4. The molecule has 2 aliphatic carbocycles. The normalized spacial score (nSPS) is 16.0. The van der Waals surface area contributed by atoms with E-state index in [1.54, 1.807) is 0 Å². The molecule has 0 radical (unpaired) electrons. The molecule has 0 N–H and O–H groups in total. The van der Waals surface area contributed by atoms with Gasteiger partial charge in [0.2, 0.25) is 0 Å². The average Bonchev–Trinajstić information content (AvgIpc) is 3.66. The maximum Gasteiger partial charge on any atom is 0.0626 e. The fourth-order valence-electron chi connectivity index (χ4n) is 9.59. The van der Waals surface area contributed by atoms with Crippen LogP contribution in [0.25, 0.3) is 82.1 Å². The highest BCUT2D eigenvalue weighted by atomic mass is 15.0. The van der Waals surface area contributed by atoms with Crippen LogP contribution in [0, 0.1) is 0 Å². The molecule has 0 fully saturated rings. The summed E-state index contributed by atoms with van der Waals surface area (Å²) in [4.78, 5) is 0. The molecule has 1 unspecified atom stereocenters. The molecule has 1 nitrogen and oxygen atoms in total. The molecule has 0 spiro atoms. The number of rotatable bonds is 3. The Morgan fingerprint density at radius 1 is 0.519 bits per heavy atom. The summed E-state index contributed by atoms with van der Waals surface area (Å²) in [6, 6.07) is 54.8. The van der Waals surface area contributed by atoms with Gasteiger partial charge >= 0.3 is 0 Å². The maximum absolute atomic E-state index is 2.55. The number of hydrogen-bond acceptors (Lipinski definition) is 0. The summed E-state index contributed by atoms with van der Waals surface area (Å²) >= 11 is 0. The Kier molecular flexibility index (Phi) is 6.20. The molecule has 9 aromatic rings. The summed E-state index contributed by atoms with van der Waals surface area (Å²) in [6.45, 7) is 4.82. The lowest BCUT2D eigenvalue weighted by atomic mass is 9.80. The van der Waals surface area contributed by atoms with Crippen molar-refractivity contribution in [2.45, 2.75) is 31.6 Å². The maximum atomic E-state index is 2.55. The van der Waals surface area contributed by atoms with Crippen molar-refractivity contribution in [1.29, 1.82) is 0 Å². The van der Waals surface area contributed by atoms with E-state index >= 15 is 0 Å². The Bertz CT molecular complexity index is 3010. The third kappa shape index (κ3) is 4.05. The Balaban J connectivity index is 1.21. The number of hydrogen-bond donors (Lipinski definition) is 0. The molecule has 52 heavy (non-hydrogen) atoms. The predicted octanol–water partition coefficient (Wildman–Crippen LogP) is 13.8. The van der Waals surface area contributed by atoms with Gasteiger partial charge in [-0.3, -0.25) is 0 Å². The number of para-hydroxylation sites is 1. The van der Waals surface area contributed by atoms with Gasteiger partial charge in [0, 0.05) is 38.6 Å². The van der Waals surface area contributed by atoms with Gasteiger partial charge in [0.25, 0.3) is 0 Å². The first kappa shape index (κ1) is 29.5. The average molecular weight is 664 g/mol.